The van der Waals surface area contributed by atoms with E-state index in [-0.39, 0.29) is 6.04 Å². The molecular formula is C21H24N4O. The van der Waals surface area contributed by atoms with Crippen LogP contribution in [0.25, 0.3) is 11.3 Å². The van der Waals surface area contributed by atoms with E-state index in [0.717, 1.165) is 35.5 Å². The molecule has 5 nitrogen and oxygen atoms in total. The van der Waals surface area contributed by atoms with Gasteiger partial charge in [0.25, 0.3) is 0 Å². The Balaban J connectivity index is 1.50. The summed E-state index contributed by atoms with van der Waals surface area (Å²) in [5, 5.41) is 3.51. The highest BCUT2D eigenvalue weighted by Crippen LogP contribution is 2.28. The summed E-state index contributed by atoms with van der Waals surface area (Å²) in [6, 6.07) is 12.5. The van der Waals surface area contributed by atoms with Gasteiger partial charge in [-0.15, -0.1) is 0 Å². The van der Waals surface area contributed by atoms with Gasteiger partial charge in [0.15, 0.2) is 0 Å². The van der Waals surface area contributed by atoms with E-state index in [0.29, 0.717) is 5.88 Å². The average Bonchev–Trinajstić information content (AvgIpc) is 3.12. The topological polar surface area (TPSA) is 52.0 Å². The zero-order valence-corrected chi connectivity index (χ0v) is 15.3. The van der Waals surface area contributed by atoms with Crippen molar-refractivity contribution in [3.8, 4) is 17.1 Å². The molecule has 3 heterocycles. The maximum Gasteiger partial charge on any atom is 0.218 e. The van der Waals surface area contributed by atoms with Gasteiger partial charge in [-0.05, 0) is 38.0 Å². The van der Waals surface area contributed by atoms with Crippen molar-refractivity contribution in [2.75, 3.05) is 12.4 Å². The fraction of sp³-hybridized carbons (Fsp3) is 0.333. The fourth-order valence-corrected chi connectivity index (χ4v) is 3.52. The molecule has 0 fully saturated rings. The molecule has 2 aromatic heterocycles. The van der Waals surface area contributed by atoms with E-state index in [1.54, 1.807) is 13.3 Å². The van der Waals surface area contributed by atoms with E-state index in [1.165, 1.54) is 18.7 Å². The second-order valence-corrected chi connectivity index (χ2v) is 6.74. The largest absolute Gasteiger partial charge is 0.481 e. The molecule has 0 spiro atoms. The molecule has 1 aliphatic heterocycles. The number of imidazole rings is 1. The molecule has 0 saturated carbocycles. The summed E-state index contributed by atoms with van der Waals surface area (Å²) in [7, 11) is 1.65. The summed E-state index contributed by atoms with van der Waals surface area (Å²) in [5.41, 5.74) is 4.33. The minimum atomic E-state index is 0.101. The van der Waals surface area contributed by atoms with Crippen LogP contribution in [0.4, 0.5) is 5.69 Å². The average molecular weight is 348 g/mol. The quantitative estimate of drug-likeness (QED) is 0.739. The normalized spacial score (nSPS) is 14.5. The number of aromatic nitrogens is 3. The zero-order chi connectivity index (χ0) is 17.9. The summed E-state index contributed by atoms with van der Waals surface area (Å²) >= 11 is 0. The van der Waals surface area contributed by atoms with Crippen LogP contribution >= 0.6 is 0 Å². The third kappa shape index (κ3) is 3.29. The number of benzene rings is 1. The summed E-state index contributed by atoms with van der Waals surface area (Å²) < 4.78 is 7.65. The molecule has 26 heavy (non-hydrogen) atoms. The van der Waals surface area contributed by atoms with Crippen molar-refractivity contribution in [1.82, 2.24) is 14.5 Å². The molecular weight excluding hydrogens is 324 g/mol. The van der Waals surface area contributed by atoms with Crippen molar-refractivity contribution in [2.45, 2.75) is 38.8 Å². The number of nitrogens with zero attached hydrogens (tertiary/aromatic N) is 3. The lowest BCUT2D eigenvalue weighted by atomic mass is 10.1. The molecule has 1 aromatic carbocycles. The molecule has 1 atom stereocenters. The highest BCUT2D eigenvalue weighted by Gasteiger charge is 2.14. The summed E-state index contributed by atoms with van der Waals surface area (Å²) in [4.78, 5) is 9.07. The van der Waals surface area contributed by atoms with Crippen LogP contribution in [-0.4, -0.2) is 21.6 Å². The van der Waals surface area contributed by atoms with Crippen molar-refractivity contribution in [1.29, 1.82) is 0 Å². The van der Waals surface area contributed by atoms with Gasteiger partial charge in [-0.2, -0.15) is 0 Å². The van der Waals surface area contributed by atoms with E-state index >= 15 is 0 Å². The van der Waals surface area contributed by atoms with Crippen LogP contribution < -0.4 is 10.1 Å². The molecule has 0 bridgehead atoms. The summed E-state index contributed by atoms with van der Waals surface area (Å²) in [6.07, 6.45) is 7.51. The van der Waals surface area contributed by atoms with Crippen LogP contribution in [0.5, 0.6) is 5.88 Å². The van der Waals surface area contributed by atoms with Gasteiger partial charge in [0.05, 0.1) is 18.8 Å². The van der Waals surface area contributed by atoms with Gasteiger partial charge < -0.3 is 14.6 Å². The first kappa shape index (κ1) is 16.6. The predicted molar refractivity (Wildman–Crippen MR) is 103 cm³/mol. The van der Waals surface area contributed by atoms with Crippen LogP contribution in [0.3, 0.4) is 0 Å². The second kappa shape index (κ2) is 7.20. The SMILES string of the molecule is COc1ncccc1C(C)Nc1ccc(-c2cn3c(n2)CCCC3)cc1. The van der Waals surface area contributed by atoms with Gasteiger partial charge in [0.2, 0.25) is 5.88 Å². The molecule has 134 valence electrons. The van der Waals surface area contributed by atoms with E-state index < -0.39 is 0 Å². The van der Waals surface area contributed by atoms with Gasteiger partial charge >= 0.3 is 0 Å². The smallest absolute Gasteiger partial charge is 0.218 e. The Kier molecular flexibility index (Phi) is 4.61. The Morgan fingerprint density at radius 1 is 1.15 bits per heavy atom. The van der Waals surface area contributed by atoms with Crippen LogP contribution in [-0.2, 0) is 13.0 Å². The number of aryl methyl sites for hydroxylation is 2. The minimum Gasteiger partial charge on any atom is -0.481 e. The number of rotatable bonds is 5. The van der Waals surface area contributed by atoms with Gasteiger partial charge in [-0.25, -0.2) is 9.97 Å². The standard InChI is InChI=1S/C21H24N4O/c1-15(18-6-5-12-22-21(18)26-2)23-17-10-8-16(9-11-17)19-14-25-13-4-3-7-20(25)24-19/h5-6,8-12,14-15,23H,3-4,7,13H2,1-2H3. The van der Waals surface area contributed by atoms with Crippen LogP contribution in [0.2, 0.25) is 0 Å². The lowest BCUT2D eigenvalue weighted by Crippen LogP contribution is -2.08. The van der Waals surface area contributed by atoms with Crippen LogP contribution in [0.1, 0.15) is 37.2 Å². The molecule has 0 saturated heterocycles. The number of ether oxygens (including phenoxy) is 1. The van der Waals surface area contributed by atoms with Crippen molar-refractivity contribution in [3.63, 3.8) is 0 Å². The molecule has 1 unspecified atom stereocenters. The third-order valence-corrected chi connectivity index (χ3v) is 4.93. The molecule has 0 amide bonds. The molecule has 1 N–H and O–H groups in total. The van der Waals surface area contributed by atoms with E-state index in [4.69, 9.17) is 9.72 Å². The maximum absolute atomic E-state index is 5.36. The van der Waals surface area contributed by atoms with Crippen molar-refractivity contribution in [2.24, 2.45) is 0 Å². The van der Waals surface area contributed by atoms with Gasteiger partial charge in [0.1, 0.15) is 5.82 Å². The lowest BCUT2D eigenvalue weighted by Gasteiger charge is -2.17. The van der Waals surface area contributed by atoms with E-state index in [9.17, 15) is 0 Å². The first-order valence-electron chi connectivity index (χ1n) is 9.16. The highest BCUT2D eigenvalue weighted by atomic mass is 16.5. The van der Waals surface area contributed by atoms with E-state index in [1.807, 2.05) is 12.1 Å². The Labute approximate surface area is 154 Å². The number of pyridine rings is 1. The van der Waals surface area contributed by atoms with Gasteiger partial charge in [-0.3, -0.25) is 0 Å². The summed E-state index contributed by atoms with van der Waals surface area (Å²) in [6.45, 7) is 3.20. The first-order chi connectivity index (χ1) is 12.7. The molecule has 3 aromatic rings. The monoisotopic (exact) mass is 348 g/mol. The predicted octanol–water partition coefficient (Wildman–Crippen LogP) is 4.46. The number of fused-ring (bicyclic) bond motifs is 1. The molecule has 4 rings (SSSR count). The Morgan fingerprint density at radius 3 is 2.77 bits per heavy atom. The van der Waals surface area contributed by atoms with Crippen molar-refractivity contribution in [3.05, 3.63) is 60.2 Å². The number of methoxy groups -OCH3 is 1. The van der Waals surface area contributed by atoms with Crippen LogP contribution in [0.15, 0.2) is 48.8 Å². The second-order valence-electron chi connectivity index (χ2n) is 6.74. The molecule has 1 aliphatic rings. The maximum atomic E-state index is 5.36. The number of nitrogens with one attached hydrogen (secondary N) is 1. The zero-order valence-electron chi connectivity index (χ0n) is 15.3. The van der Waals surface area contributed by atoms with Crippen molar-refractivity contribution < 1.29 is 4.74 Å². The Hall–Kier alpha value is -2.82. The fourth-order valence-electron chi connectivity index (χ4n) is 3.52. The first-order valence-corrected chi connectivity index (χ1v) is 9.16. The van der Waals surface area contributed by atoms with Gasteiger partial charge in [-0.1, -0.05) is 18.2 Å². The summed E-state index contributed by atoms with van der Waals surface area (Å²) in [5.74, 6) is 1.87. The minimum absolute atomic E-state index is 0.101. The molecule has 0 aliphatic carbocycles. The lowest BCUT2D eigenvalue weighted by molar-refractivity contribution is 0.390. The number of hydrogen-bond donors (Lipinski definition) is 1. The Bertz CT molecular complexity index is 862. The highest BCUT2D eigenvalue weighted by molar-refractivity contribution is 5.62. The van der Waals surface area contributed by atoms with E-state index in [2.05, 4.69) is 52.3 Å². The van der Waals surface area contributed by atoms with Crippen molar-refractivity contribution >= 4 is 5.69 Å². The third-order valence-electron chi connectivity index (χ3n) is 4.93. The Morgan fingerprint density at radius 2 is 2.00 bits per heavy atom. The molecule has 5 heteroatoms. The van der Waals surface area contributed by atoms with Crippen LogP contribution in [0, 0.1) is 0 Å². The number of anilines is 1. The number of hydrogen-bond acceptors (Lipinski definition) is 4. The van der Waals surface area contributed by atoms with Gasteiger partial charge in [0, 0.05) is 42.2 Å². The molecule has 0 radical (unpaired) electrons.